The highest BCUT2D eigenvalue weighted by Crippen LogP contribution is 2.20. The number of methoxy groups -OCH3 is 1. The second-order valence-electron chi connectivity index (χ2n) is 9.38. The van der Waals surface area contributed by atoms with Crippen LogP contribution in [-0.4, -0.2) is 59.9 Å². The highest BCUT2D eigenvalue weighted by Gasteiger charge is 2.29. The van der Waals surface area contributed by atoms with Crippen molar-refractivity contribution in [2.45, 2.75) is 33.7 Å². The molecule has 0 saturated heterocycles. The molecule has 1 aromatic heterocycles. The van der Waals surface area contributed by atoms with Crippen molar-refractivity contribution in [3.05, 3.63) is 71.9 Å². The maximum Gasteiger partial charge on any atom is 0.242 e. The van der Waals surface area contributed by atoms with Crippen LogP contribution in [0.4, 0.5) is 0 Å². The number of para-hydroxylation sites is 1. The van der Waals surface area contributed by atoms with Crippen LogP contribution in [0.5, 0.6) is 0 Å². The van der Waals surface area contributed by atoms with E-state index in [4.69, 9.17) is 4.74 Å². The standard InChI is InChI=1S/C27H35N3O3/c1-27(2,3)26(32)30(16-17-33-4)20-25(31)29(19-21-10-6-5-7-11-21)15-14-22-18-28-24-13-9-8-12-23(22)24/h5-13,18,28H,14-17,19-20H2,1-4H3. The molecule has 0 aliphatic heterocycles. The normalized spacial score (nSPS) is 11.5. The van der Waals surface area contributed by atoms with Gasteiger partial charge < -0.3 is 19.5 Å². The third kappa shape index (κ3) is 6.68. The molecule has 176 valence electrons. The van der Waals surface area contributed by atoms with E-state index in [1.54, 1.807) is 12.0 Å². The van der Waals surface area contributed by atoms with E-state index in [-0.39, 0.29) is 18.4 Å². The summed E-state index contributed by atoms with van der Waals surface area (Å²) >= 11 is 0. The molecular formula is C27H35N3O3. The zero-order valence-corrected chi connectivity index (χ0v) is 20.1. The van der Waals surface area contributed by atoms with Gasteiger partial charge in [0.25, 0.3) is 0 Å². The lowest BCUT2D eigenvalue weighted by Crippen LogP contribution is -2.47. The van der Waals surface area contributed by atoms with Crippen molar-refractivity contribution in [1.82, 2.24) is 14.8 Å². The van der Waals surface area contributed by atoms with E-state index in [0.717, 1.165) is 17.5 Å². The van der Waals surface area contributed by atoms with Gasteiger partial charge in [-0.15, -0.1) is 0 Å². The maximum absolute atomic E-state index is 13.5. The van der Waals surface area contributed by atoms with Gasteiger partial charge in [0.1, 0.15) is 0 Å². The summed E-state index contributed by atoms with van der Waals surface area (Å²) in [6.45, 7) is 7.51. The van der Waals surface area contributed by atoms with Crippen molar-refractivity contribution in [2.24, 2.45) is 5.41 Å². The lowest BCUT2D eigenvalue weighted by atomic mass is 9.94. The summed E-state index contributed by atoms with van der Waals surface area (Å²) in [6.07, 6.45) is 2.75. The van der Waals surface area contributed by atoms with Crippen LogP contribution >= 0.6 is 0 Å². The van der Waals surface area contributed by atoms with E-state index in [1.807, 2.05) is 74.3 Å². The number of aromatic amines is 1. The third-order valence-electron chi connectivity index (χ3n) is 5.72. The minimum absolute atomic E-state index is 0.0418. The number of hydrogen-bond acceptors (Lipinski definition) is 3. The van der Waals surface area contributed by atoms with E-state index < -0.39 is 5.41 Å². The first-order chi connectivity index (χ1) is 15.8. The largest absolute Gasteiger partial charge is 0.383 e. The Balaban J connectivity index is 1.78. The number of carbonyl (C=O) groups excluding carboxylic acids is 2. The molecule has 0 saturated carbocycles. The van der Waals surface area contributed by atoms with Crippen molar-refractivity contribution in [1.29, 1.82) is 0 Å². The van der Waals surface area contributed by atoms with Crippen LogP contribution in [0.25, 0.3) is 10.9 Å². The van der Waals surface area contributed by atoms with Crippen molar-refractivity contribution < 1.29 is 14.3 Å². The minimum Gasteiger partial charge on any atom is -0.383 e. The number of amides is 2. The topological polar surface area (TPSA) is 65.6 Å². The summed E-state index contributed by atoms with van der Waals surface area (Å²) in [6, 6.07) is 18.2. The summed E-state index contributed by atoms with van der Waals surface area (Å²) in [4.78, 5) is 33.2. The number of nitrogens with one attached hydrogen (secondary N) is 1. The Morgan fingerprint density at radius 1 is 0.939 bits per heavy atom. The molecule has 0 aliphatic carbocycles. The predicted octanol–water partition coefficient (Wildman–Crippen LogP) is 4.26. The Bertz CT molecular complexity index is 1050. The van der Waals surface area contributed by atoms with Crippen LogP contribution in [0.15, 0.2) is 60.8 Å². The number of H-pyrrole nitrogens is 1. The predicted molar refractivity (Wildman–Crippen MR) is 132 cm³/mol. The van der Waals surface area contributed by atoms with E-state index >= 15 is 0 Å². The van der Waals surface area contributed by atoms with Gasteiger partial charge in [0.2, 0.25) is 11.8 Å². The molecular weight excluding hydrogens is 414 g/mol. The summed E-state index contributed by atoms with van der Waals surface area (Å²) < 4.78 is 5.19. The fourth-order valence-electron chi connectivity index (χ4n) is 3.88. The zero-order chi connectivity index (χ0) is 23.8. The van der Waals surface area contributed by atoms with Gasteiger partial charge >= 0.3 is 0 Å². The number of nitrogens with zero attached hydrogens (tertiary/aromatic N) is 2. The van der Waals surface area contributed by atoms with Gasteiger partial charge in [0.15, 0.2) is 0 Å². The molecule has 6 heteroatoms. The lowest BCUT2D eigenvalue weighted by Gasteiger charge is -2.31. The van der Waals surface area contributed by atoms with Gasteiger partial charge in [0, 0.05) is 49.3 Å². The SMILES string of the molecule is COCCN(CC(=O)N(CCc1c[nH]c2ccccc12)Cc1ccccc1)C(=O)C(C)(C)C. The van der Waals surface area contributed by atoms with Crippen LogP contribution in [-0.2, 0) is 27.3 Å². The first kappa shape index (κ1) is 24.5. The quantitative estimate of drug-likeness (QED) is 0.503. The van der Waals surface area contributed by atoms with Crippen LogP contribution in [0.2, 0.25) is 0 Å². The average Bonchev–Trinajstić information content (AvgIpc) is 3.22. The van der Waals surface area contributed by atoms with Crippen LogP contribution in [0, 0.1) is 5.41 Å². The molecule has 3 aromatic rings. The Hall–Kier alpha value is -3.12. The molecule has 0 spiro atoms. The van der Waals surface area contributed by atoms with Crippen molar-refractivity contribution in [2.75, 3.05) is 33.4 Å². The van der Waals surface area contributed by atoms with Crippen LogP contribution in [0.1, 0.15) is 31.9 Å². The van der Waals surface area contributed by atoms with Gasteiger partial charge in [-0.1, -0.05) is 69.3 Å². The molecule has 6 nitrogen and oxygen atoms in total. The molecule has 0 bridgehead atoms. The van der Waals surface area contributed by atoms with E-state index in [9.17, 15) is 9.59 Å². The van der Waals surface area contributed by atoms with Gasteiger partial charge in [-0.2, -0.15) is 0 Å². The molecule has 2 aromatic carbocycles. The molecule has 33 heavy (non-hydrogen) atoms. The highest BCUT2D eigenvalue weighted by molar-refractivity contribution is 5.87. The van der Waals surface area contributed by atoms with Gasteiger partial charge in [-0.3, -0.25) is 9.59 Å². The molecule has 3 rings (SSSR count). The van der Waals surface area contributed by atoms with Crippen LogP contribution < -0.4 is 0 Å². The number of hydrogen-bond donors (Lipinski definition) is 1. The monoisotopic (exact) mass is 449 g/mol. The molecule has 0 fully saturated rings. The summed E-state index contributed by atoms with van der Waals surface area (Å²) in [5, 5.41) is 1.18. The second kappa shape index (κ2) is 11.1. The Labute approximate surface area is 196 Å². The van der Waals surface area contributed by atoms with Gasteiger partial charge in [-0.25, -0.2) is 0 Å². The Kier molecular flexibility index (Phi) is 8.28. The Morgan fingerprint density at radius 3 is 2.33 bits per heavy atom. The fourth-order valence-corrected chi connectivity index (χ4v) is 3.88. The smallest absolute Gasteiger partial charge is 0.242 e. The number of benzene rings is 2. The van der Waals surface area contributed by atoms with E-state index in [2.05, 4.69) is 17.1 Å². The molecule has 1 N–H and O–H groups in total. The average molecular weight is 450 g/mol. The summed E-state index contributed by atoms with van der Waals surface area (Å²) in [7, 11) is 1.60. The maximum atomic E-state index is 13.5. The summed E-state index contributed by atoms with van der Waals surface area (Å²) in [5.41, 5.74) is 2.77. The first-order valence-electron chi connectivity index (χ1n) is 11.4. The highest BCUT2D eigenvalue weighted by atomic mass is 16.5. The number of aromatic nitrogens is 1. The van der Waals surface area contributed by atoms with Crippen molar-refractivity contribution in [3.8, 4) is 0 Å². The second-order valence-corrected chi connectivity index (χ2v) is 9.38. The van der Waals surface area contributed by atoms with Crippen LogP contribution in [0.3, 0.4) is 0 Å². The van der Waals surface area contributed by atoms with E-state index in [0.29, 0.717) is 26.2 Å². The van der Waals surface area contributed by atoms with Gasteiger partial charge in [0.05, 0.1) is 13.2 Å². The molecule has 1 heterocycles. The van der Waals surface area contributed by atoms with E-state index in [1.165, 1.54) is 10.9 Å². The van der Waals surface area contributed by atoms with Crippen molar-refractivity contribution >= 4 is 22.7 Å². The number of ether oxygens (including phenoxy) is 1. The number of carbonyl (C=O) groups is 2. The number of rotatable bonds is 10. The molecule has 0 radical (unpaired) electrons. The third-order valence-corrected chi connectivity index (χ3v) is 5.72. The van der Waals surface area contributed by atoms with Gasteiger partial charge in [-0.05, 0) is 23.6 Å². The molecule has 2 amide bonds. The van der Waals surface area contributed by atoms with Crippen molar-refractivity contribution in [3.63, 3.8) is 0 Å². The molecule has 0 aliphatic rings. The number of fused-ring (bicyclic) bond motifs is 1. The fraction of sp³-hybridized carbons (Fsp3) is 0.407. The zero-order valence-electron chi connectivity index (χ0n) is 20.1. The molecule has 0 atom stereocenters. The first-order valence-corrected chi connectivity index (χ1v) is 11.4. The molecule has 0 unspecified atom stereocenters. The minimum atomic E-state index is -0.567. The lowest BCUT2D eigenvalue weighted by molar-refractivity contribution is -0.146. The summed E-state index contributed by atoms with van der Waals surface area (Å²) in [5.74, 6) is -0.114. The Morgan fingerprint density at radius 2 is 1.64 bits per heavy atom.